The highest BCUT2D eigenvalue weighted by molar-refractivity contribution is 6.30. The van der Waals surface area contributed by atoms with Crippen LogP contribution in [0, 0.1) is 0 Å². The van der Waals surface area contributed by atoms with Gasteiger partial charge in [-0.15, -0.1) is 6.58 Å². The lowest BCUT2D eigenvalue weighted by Gasteiger charge is -2.34. The van der Waals surface area contributed by atoms with Crippen LogP contribution in [0.25, 0.3) is 11.4 Å². The highest BCUT2D eigenvalue weighted by atomic mass is 35.5. The molecule has 0 atom stereocenters. The molecule has 0 unspecified atom stereocenters. The SMILES string of the molecule is C=CCc1cc(C(=O)N2CCN(Cc3nc(-c4ccc(Cl)cc4)no3)CC2)cc(OC)c1OC. The van der Waals surface area contributed by atoms with Crippen LogP contribution in [0.3, 0.4) is 0 Å². The number of carbonyl (C=O) groups excluding carboxylic acids is 1. The predicted octanol–water partition coefficient (Wildman–Crippen LogP) is 4.09. The summed E-state index contributed by atoms with van der Waals surface area (Å²) >= 11 is 5.94. The third-order valence-corrected chi connectivity index (χ3v) is 6.01. The Balaban J connectivity index is 1.38. The Hall–Kier alpha value is -3.36. The number of hydrogen-bond acceptors (Lipinski definition) is 7. The Labute approximate surface area is 203 Å². The summed E-state index contributed by atoms with van der Waals surface area (Å²) in [5.74, 6) is 2.20. The second-order valence-electron chi connectivity index (χ2n) is 7.95. The second kappa shape index (κ2) is 10.7. The molecule has 8 nitrogen and oxygen atoms in total. The molecule has 1 amide bonds. The van der Waals surface area contributed by atoms with Crippen LogP contribution < -0.4 is 9.47 Å². The molecule has 0 aliphatic carbocycles. The summed E-state index contributed by atoms with van der Waals surface area (Å²) < 4.78 is 16.4. The van der Waals surface area contributed by atoms with Crippen molar-refractivity contribution in [1.29, 1.82) is 0 Å². The number of aromatic nitrogens is 2. The number of nitrogens with zero attached hydrogens (tertiary/aromatic N) is 4. The van der Waals surface area contributed by atoms with Crippen molar-refractivity contribution in [2.45, 2.75) is 13.0 Å². The van der Waals surface area contributed by atoms with E-state index in [4.69, 9.17) is 25.6 Å². The van der Waals surface area contributed by atoms with E-state index in [-0.39, 0.29) is 5.91 Å². The lowest BCUT2D eigenvalue weighted by Crippen LogP contribution is -2.48. The maximum atomic E-state index is 13.2. The molecule has 0 spiro atoms. The van der Waals surface area contributed by atoms with Gasteiger partial charge in [-0.25, -0.2) is 0 Å². The summed E-state index contributed by atoms with van der Waals surface area (Å²) in [6.07, 6.45) is 2.36. The van der Waals surface area contributed by atoms with E-state index in [9.17, 15) is 4.79 Å². The van der Waals surface area contributed by atoms with Gasteiger partial charge in [-0.2, -0.15) is 4.98 Å². The lowest BCUT2D eigenvalue weighted by atomic mass is 10.0. The second-order valence-corrected chi connectivity index (χ2v) is 8.39. The number of methoxy groups -OCH3 is 2. The van der Waals surface area contributed by atoms with Crippen LogP contribution in [0.1, 0.15) is 21.8 Å². The molecule has 178 valence electrons. The molecule has 0 saturated carbocycles. The first-order chi connectivity index (χ1) is 16.5. The molecule has 4 rings (SSSR count). The number of benzene rings is 2. The van der Waals surface area contributed by atoms with Crippen LogP contribution in [0.5, 0.6) is 11.5 Å². The van der Waals surface area contributed by atoms with Gasteiger partial charge in [0.2, 0.25) is 11.7 Å². The van der Waals surface area contributed by atoms with E-state index in [1.54, 1.807) is 38.5 Å². The minimum absolute atomic E-state index is 0.0336. The number of ether oxygens (including phenoxy) is 2. The van der Waals surface area contributed by atoms with Crippen LogP contribution in [0.4, 0.5) is 0 Å². The van der Waals surface area contributed by atoms with Crippen molar-refractivity contribution < 1.29 is 18.8 Å². The summed E-state index contributed by atoms with van der Waals surface area (Å²) in [7, 11) is 3.16. The van der Waals surface area contributed by atoms with Crippen LogP contribution in [-0.2, 0) is 13.0 Å². The Morgan fingerprint density at radius 2 is 1.88 bits per heavy atom. The van der Waals surface area contributed by atoms with E-state index < -0.39 is 0 Å². The van der Waals surface area contributed by atoms with E-state index in [0.717, 1.165) is 11.1 Å². The first-order valence-electron chi connectivity index (χ1n) is 11.0. The smallest absolute Gasteiger partial charge is 0.254 e. The van der Waals surface area contributed by atoms with E-state index in [2.05, 4.69) is 21.6 Å². The Morgan fingerprint density at radius 3 is 2.53 bits per heavy atom. The quantitative estimate of drug-likeness (QED) is 0.447. The number of halogens is 1. The first-order valence-corrected chi connectivity index (χ1v) is 11.4. The van der Waals surface area contributed by atoms with Gasteiger partial charge in [-0.3, -0.25) is 9.69 Å². The van der Waals surface area contributed by atoms with Gasteiger partial charge in [0.1, 0.15) is 0 Å². The molecule has 0 N–H and O–H groups in total. The minimum Gasteiger partial charge on any atom is -0.493 e. The maximum Gasteiger partial charge on any atom is 0.254 e. The van der Waals surface area contributed by atoms with Crippen molar-refractivity contribution in [2.75, 3.05) is 40.4 Å². The van der Waals surface area contributed by atoms with Gasteiger partial charge in [-0.05, 0) is 42.8 Å². The van der Waals surface area contributed by atoms with E-state index in [0.29, 0.717) is 72.9 Å². The van der Waals surface area contributed by atoms with E-state index in [1.807, 2.05) is 23.1 Å². The van der Waals surface area contributed by atoms with Crippen molar-refractivity contribution in [2.24, 2.45) is 0 Å². The topological polar surface area (TPSA) is 80.9 Å². The fourth-order valence-electron chi connectivity index (χ4n) is 3.99. The summed E-state index contributed by atoms with van der Waals surface area (Å²) in [5, 5.41) is 4.73. The zero-order valence-corrected chi connectivity index (χ0v) is 20.0. The highest BCUT2D eigenvalue weighted by Crippen LogP contribution is 2.33. The lowest BCUT2D eigenvalue weighted by molar-refractivity contribution is 0.0614. The Kier molecular flexibility index (Phi) is 7.49. The summed E-state index contributed by atoms with van der Waals surface area (Å²) in [6.45, 7) is 6.94. The number of carbonyl (C=O) groups is 1. The van der Waals surface area contributed by atoms with Gasteiger partial charge >= 0.3 is 0 Å². The number of amides is 1. The molecule has 1 aliphatic heterocycles. The molecule has 1 aliphatic rings. The van der Waals surface area contributed by atoms with E-state index in [1.165, 1.54) is 0 Å². The minimum atomic E-state index is -0.0336. The van der Waals surface area contributed by atoms with Crippen molar-refractivity contribution in [3.05, 3.63) is 71.1 Å². The standard InChI is InChI=1S/C25H27ClN4O4/c1-4-5-18-14-19(15-21(32-2)23(18)33-3)25(31)30-12-10-29(11-13-30)16-22-27-24(28-34-22)17-6-8-20(26)9-7-17/h4,6-9,14-15H,1,5,10-13,16H2,2-3H3. The van der Waals surface area contributed by atoms with Crippen LogP contribution in [-0.4, -0.2) is 66.2 Å². The third kappa shape index (κ3) is 5.24. The van der Waals surface area contributed by atoms with Gasteiger partial charge in [0.25, 0.3) is 5.91 Å². The van der Waals surface area contributed by atoms with Gasteiger partial charge in [0, 0.05) is 47.9 Å². The van der Waals surface area contributed by atoms with Crippen LogP contribution in [0.2, 0.25) is 5.02 Å². The molecule has 2 aromatic carbocycles. The van der Waals surface area contributed by atoms with Crippen LogP contribution in [0.15, 0.2) is 53.6 Å². The number of rotatable bonds is 8. The molecule has 0 bridgehead atoms. The molecule has 1 saturated heterocycles. The Morgan fingerprint density at radius 1 is 1.15 bits per heavy atom. The Bertz CT molecular complexity index is 1150. The third-order valence-electron chi connectivity index (χ3n) is 5.76. The van der Waals surface area contributed by atoms with Crippen molar-refractivity contribution in [1.82, 2.24) is 19.9 Å². The van der Waals surface area contributed by atoms with Crippen molar-refractivity contribution >= 4 is 17.5 Å². The summed E-state index contributed by atoms with van der Waals surface area (Å²) in [4.78, 5) is 21.7. The number of piperazine rings is 1. The zero-order valence-electron chi connectivity index (χ0n) is 19.3. The first kappa shape index (κ1) is 23.8. The van der Waals surface area contributed by atoms with Gasteiger partial charge in [0.05, 0.1) is 20.8 Å². The fourth-order valence-corrected chi connectivity index (χ4v) is 4.12. The molecule has 2 heterocycles. The van der Waals surface area contributed by atoms with Gasteiger partial charge < -0.3 is 18.9 Å². The summed E-state index contributed by atoms with van der Waals surface area (Å²) in [5.41, 5.74) is 2.29. The largest absolute Gasteiger partial charge is 0.493 e. The maximum absolute atomic E-state index is 13.2. The molecule has 34 heavy (non-hydrogen) atoms. The molecule has 0 radical (unpaired) electrons. The van der Waals surface area contributed by atoms with Crippen LogP contribution >= 0.6 is 11.6 Å². The normalized spacial score (nSPS) is 14.1. The zero-order chi connectivity index (χ0) is 24.1. The van der Waals surface area contributed by atoms with Crippen molar-refractivity contribution in [3.8, 4) is 22.9 Å². The average Bonchev–Trinajstić information content (AvgIpc) is 3.32. The predicted molar refractivity (Wildman–Crippen MR) is 129 cm³/mol. The summed E-state index contributed by atoms with van der Waals surface area (Å²) in [6, 6.07) is 10.9. The number of hydrogen-bond donors (Lipinski definition) is 0. The molecular weight excluding hydrogens is 456 g/mol. The molecular formula is C25H27ClN4O4. The molecule has 1 aromatic heterocycles. The van der Waals surface area contributed by atoms with Crippen molar-refractivity contribution in [3.63, 3.8) is 0 Å². The molecule has 3 aromatic rings. The molecule has 9 heteroatoms. The van der Waals surface area contributed by atoms with Gasteiger partial charge in [0.15, 0.2) is 11.5 Å². The highest BCUT2D eigenvalue weighted by Gasteiger charge is 2.25. The van der Waals surface area contributed by atoms with Gasteiger partial charge in [-0.1, -0.05) is 22.8 Å². The number of allylic oxidation sites excluding steroid dienone is 1. The molecule has 1 fully saturated rings. The van der Waals surface area contributed by atoms with E-state index >= 15 is 0 Å². The average molecular weight is 483 g/mol. The monoisotopic (exact) mass is 482 g/mol. The fraction of sp³-hybridized carbons (Fsp3) is 0.320.